The summed E-state index contributed by atoms with van der Waals surface area (Å²) in [6.07, 6.45) is -8.50. The molecule has 0 bridgehead atoms. The van der Waals surface area contributed by atoms with Gasteiger partial charge in [0.15, 0.2) is 12.6 Å². The number of carbonyl (C=O) groups is 3. The van der Waals surface area contributed by atoms with Crippen LogP contribution < -0.4 is 21.3 Å². The van der Waals surface area contributed by atoms with E-state index in [1.165, 1.54) is 13.8 Å². The van der Waals surface area contributed by atoms with E-state index >= 15 is 0 Å². The topological polar surface area (TPSA) is 237 Å². The molecule has 13 atom stereocenters. The van der Waals surface area contributed by atoms with Crippen LogP contribution in [-0.2, 0) is 28.5 Å². The lowest BCUT2D eigenvalue weighted by atomic mass is 9.96. The van der Waals surface area contributed by atoms with Crippen molar-refractivity contribution in [3.05, 3.63) is 0 Å². The van der Waals surface area contributed by atoms with Crippen LogP contribution in [0.15, 0.2) is 0 Å². The number of nitrogens with one attached hydrogen (secondary N) is 4. The quantitative estimate of drug-likeness (QED) is 0.0675. The molecule has 4 rings (SSSR count). The fourth-order valence-electron chi connectivity index (χ4n) is 5.80. The Balaban J connectivity index is 1.16. The van der Waals surface area contributed by atoms with Crippen molar-refractivity contribution in [1.29, 1.82) is 0 Å². The number of rotatable bonds is 14. The van der Waals surface area contributed by atoms with E-state index in [0.717, 1.165) is 25.0 Å². The number of unbranched alkanes of at least 4 members (excludes halogenated alkanes) is 1. The van der Waals surface area contributed by atoms with Crippen molar-refractivity contribution in [2.24, 2.45) is 0 Å². The minimum Gasteiger partial charge on any atom is -0.388 e. The highest BCUT2D eigenvalue weighted by atomic mass is 32.2. The van der Waals surface area contributed by atoms with Gasteiger partial charge in [-0.05, 0) is 26.2 Å². The van der Waals surface area contributed by atoms with E-state index in [-0.39, 0.29) is 37.2 Å². The number of amides is 4. The normalized spacial score (nSPS) is 40.2. The van der Waals surface area contributed by atoms with Crippen LogP contribution in [0.1, 0.15) is 46.0 Å². The van der Waals surface area contributed by atoms with E-state index in [1.54, 1.807) is 0 Å². The van der Waals surface area contributed by atoms with Gasteiger partial charge in [-0.15, -0.1) is 0 Å². The van der Waals surface area contributed by atoms with Crippen molar-refractivity contribution < 1.29 is 58.9 Å². The maximum atomic E-state index is 12.3. The van der Waals surface area contributed by atoms with Gasteiger partial charge in [-0.3, -0.25) is 9.59 Å². The maximum Gasteiger partial charge on any atom is 0.315 e. The van der Waals surface area contributed by atoms with Crippen LogP contribution in [0.4, 0.5) is 4.79 Å². The Morgan fingerprint density at radius 3 is 2.48 bits per heavy atom. The largest absolute Gasteiger partial charge is 0.388 e. The molecule has 0 aromatic rings. The summed E-state index contributed by atoms with van der Waals surface area (Å²) >= 11 is 1.84. The van der Waals surface area contributed by atoms with Gasteiger partial charge in [0.25, 0.3) is 0 Å². The number of aliphatic hydroxyl groups excluding tert-OH is 5. The van der Waals surface area contributed by atoms with Crippen LogP contribution in [0, 0.1) is 0 Å². The molecule has 0 spiro atoms. The molecule has 16 nitrogen and oxygen atoms in total. The maximum absolute atomic E-state index is 12.3. The van der Waals surface area contributed by atoms with E-state index in [4.69, 9.17) is 18.9 Å². The molecule has 4 heterocycles. The molecule has 44 heavy (non-hydrogen) atoms. The van der Waals surface area contributed by atoms with Gasteiger partial charge in [-0.2, -0.15) is 11.8 Å². The number of carbonyl (C=O) groups excluding carboxylic acids is 3. The Morgan fingerprint density at radius 2 is 1.73 bits per heavy atom. The number of urea groups is 1. The second-order valence-electron chi connectivity index (χ2n) is 11.7. The summed E-state index contributed by atoms with van der Waals surface area (Å²) in [5.41, 5.74) is 0. The average Bonchev–Trinajstić information content (AvgIpc) is 3.53. The second kappa shape index (κ2) is 16.2. The van der Waals surface area contributed by atoms with Gasteiger partial charge in [0.05, 0.1) is 31.4 Å². The van der Waals surface area contributed by atoms with E-state index in [2.05, 4.69) is 21.3 Å². The average molecular weight is 651 g/mol. The SMILES string of the molecule is CC(=O)NC1C(OCCCNC(=O)CCCCC2SCC3NC(=O)NC32)OC(COC2OC(C)C(O)C(O)C2O)C(O)C1O. The molecule has 17 heteroatoms. The van der Waals surface area contributed by atoms with E-state index in [0.29, 0.717) is 24.6 Å². The van der Waals surface area contributed by atoms with Gasteiger partial charge >= 0.3 is 6.03 Å². The van der Waals surface area contributed by atoms with Crippen LogP contribution in [0.2, 0.25) is 0 Å². The van der Waals surface area contributed by atoms with Gasteiger partial charge < -0.3 is 65.7 Å². The standard InChI is InChI=1S/C27H46N4O12S/c1-12-20(34)23(37)24(38)26(42-12)41-10-15-21(35)22(36)19(29-13(2)32)25(43-15)40-9-5-8-28-17(33)7-4-3-6-16-18-14(11-44-16)30-27(39)31-18/h12,14-16,18-26,34-38H,3-11H2,1-2H3,(H,28,33)(H,29,32)(H2,30,31,39). The zero-order valence-corrected chi connectivity index (χ0v) is 25.7. The van der Waals surface area contributed by atoms with Gasteiger partial charge in [0, 0.05) is 30.9 Å². The highest BCUT2D eigenvalue weighted by molar-refractivity contribution is 8.00. The molecule has 252 valence electrons. The Kier molecular flexibility index (Phi) is 12.9. The van der Waals surface area contributed by atoms with Crippen LogP contribution in [0.5, 0.6) is 0 Å². The first-order chi connectivity index (χ1) is 21.0. The van der Waals surface area contributed by atoms with Gasteiger partial charge in [0.2, 0.25) is 11.8 Å². The summed E-state index contributed by atoms with van der Waals surface area (Å²) in [5, 5.41) is 63.0. The summed E-state index contributed by atoms with van der Waals surface area (Å²) in [7, 11) is 0. The third-order valence-electron chi connectivity index (χ3n) is 8.31. The molecule has 4 aliphatic heterocycles. The predicted molar refractivity (Wildman–Crippen MR) is 154 cm³/mol. The minimum atomic E-state index is -1.56. The monoisotopic (exact) mass is 650 g/mol. The van der Waals surface area contributed by atoms with Crippen LogP contribution in [0.3, 0.4) is 0 Å². The molecule has 4 amide bonds. The number of hydrogen-bond donors (Lipinski definition) is 9. The van der Waals surface area contributed by atoms with Crippen molar-refractivity contribution in [3.8, 4) is 0 Å². The zero-order chi connectivity index (χ0) is 32.0. The third kappa shape index (κ3) is 8.92. The molecule has 0 saturated carbocycles. The Morgan fingerprint density at radius 1 is 0.955 bits per heavy atom. The van der Waals surface area contributed by atoms with E-state index in [9.17, 15) is 39.9 Å². The smallest absolute Gasteiger partial charge is 0.315 e. The summed E-state index contributed by atoms with van der Waals surface area (Å²) in [4.78, 5) is 35.5. The summed E-state index contributed by atoms with van der Waals surface area (Å²) in [5.74, 6) is 0.340. The lowest BCUT2D eigenvalue weighted by Gasteiger charge is -2.44. The molecule has 9 N–H and O–H groups in total. The number of aliphatic hydroxyl groups is 5. The molecule has 0 aliphatic carbocycles. The van der Waals surface area contributed by atoms with Crippen LogP contribution in [-0.4, -0.2) is 148 Å². The van der Waals surface area contributed by atoms with Crippen LogP contribution >= 0.6 is 11.8 Å². The van der Waals surface area contributed by atoms with Crippen LogP contribution in [0.25, 0.3) is 0 Å². The summed E-state index contributed by atoms with van der Waals surface area (Å²) < 4.78 is 22.5. The number of thioether (sulfide) groups is 1. The minimum absolute atomic E-state index is 0.0855. The number of ether oxygens (including phenoxy) is 4. The van der Waals surface area contributed by atoms with E-state index in [1.807, 2.05) is 11.8 Å². The van der Waals surface area contributed by atoms with Gasteiger partial charge in [0.1, 0.15) is 42.7 Å². The zero-order valence-electron chi connectivity index (χ0n) is 24.9. The Bertz CT molecular complexity index is 983. The molecular weight excluding hydrogens is 604 g/mol. The Labute approximate surface area is 259 Å². The van der Waals surface area contributed by atoms with Gasteiger partial charge in [-0.25, -0.2) is 4.79 Å². The van der Waals surface area contributed by atoms with Crippen molar-refractivity contribution >= 4 is 29.6 Å². The third-order valence-corrected chi connectivity index (χ3v) is 9.82. The lowest BCUT2D eigenvalue weighted by molar-refractivity contribution is -0.316. The van der Waals surface area contributed by atoms with Crippen molar-refractivity contribution in [2.45, 2.75) is 125 Å². The number of hydrogen-bond acceptors (Lipinski definition) is 13. The van der Waals surface area contributed by atoms with E-state index < -0.39 is 67.3 Å². The van der Waals surface area contributed by atoms with Crippen molar-refractivity contribution in [1.82, 2.24) is 21.3 Å². The highest BCUT2D eigenvalue weighted by Gasteiger charge is 2.48. The molecule has 4 aliphatic rings. The molecule has 4 saturated heterocycles. The molecule has 0 aromatic carbocycles. The lowest BCUT2D eigenvalue weighted by Crippen LogP contribution is -2.65. The highest BCUT2D eigenvalue weighted by Crippen LogP contribution is 2.33. The first kappa shape index (κ1) is 35.1. The first-order valence-corrected chi connectivity index (χ1v) is 16.2. The fraction of sp³-hybridized carbons (Fsp3) is 0.889. The predicted octanol–water partition coefficient (Wildman–Crippen LogP) is -2.97. The second-order valence-corrected chi connectivity index (χ2v) is 13.0. The summed E-state index contributed by atoms with van der Waals surface area (Å²) in [6, 6.07) is -0.869. The molecule has 4 fully saturated rings. The van der Waals surface area contributed by atoms with Crippen molar-refractivity contribution in [2.75, 3.05) is 25.5 Å². The number of fused-ring (bicyclic) bond motifs is 1. The molecular formula is C27H46N4O12S. The molecule has 0 radical (unpaired) electrons. The van der Waals surface area contributed by atoms with Gasteiger partial charge in [-0.1, -0.05) is 6.42 Å². The van der Waals surface area contributed by atoms with Crippen molar-refractivity contribution in [3.63, 3.8) is 0 Å². The Hall–Kier alpha value is -1.80. The first-order valence-electron chi connectivity index (χ1n) is 15.1. The molecule has 13 unspecified atom stereocenters. The summed E-state index contributed by atoms with van der Waals surface area (Å²) in [6.45, 7) is 2.81. The fourth-order valence-corrected chi connectivity index (χ4v) is 7.35. The molecule has 0 aromatic heterocycles.